The van der Waals surface area contributed by atoms with Crippen LogP contribution in [0.25, 0.3) is 0 Å². The second kappa shape index (κ2) is 8.25. The number of nitrogens with two attached hydrogens (primary N) is 1. The first-order valence-corrected chi connectivity index (χ1v) is 6.54. The highest BCUT2D eigenvalue weighted by molar-refractivity contribution is 5.80. The van der Waals surface area contributed by atoms with Crippen LogP contribution in [0.2, 0.25) is 0 Å². The fourth-order valence-corrected chi connectivity index (χ4v) is 1.49. The Morgan fingerprint density at radius 1 is 1.26 bits per heavy atom. The highest BCUT2D eigenvalue weighted by atomic mass is 16.1. The van der Waals surface area contributed by atoms with Gasteiger partial charge in [0.25, 0.3) is 0 Å². The van der Waals surface area contributed by atoms with Gasteiger partial charge in [0.15, 0.2) is 0 Å². The summed E-state index contributed by atoms with van der Waals surface area (Å²) in [6.45, 7) is 4.93. The Kier molecular flexibility index (Phi) is 6.59. The van der Waals surface area contributed by atoms with Crippen molar-refractivity contribution >= 4 is 17.5 Å². The van der Waals surface area contributed by atoms with E-state index < -0.39 is 0 Å². The topological polar surface area (TPSA) is 105 Å². The summed E-state index contributed by atoms with van der Waals surface area (Å²) in [6.07, 6.45) is 2.64. The molecular formula is C12H22N6O. The zero-order valence-corrected chi connectivity index (χ0v) is 11.5. The van der Waals surface area contributed by atoms with E-state index in [0.29, 0.717) is 24.0 Å². The Labute approximate surface area is 113 Å². The number of nitrogen functional groups attached to an aromatic ring is 1. The van der Waals surface area contributed by atoms with Gasteiger partial charge >= 0.3 is 0 Å². The average molecular weight is 266 g/mol. The number of hydrogen-bond donors (Lipinski definition) is 4. The number of nitrogens with zero attached hydrogens (tertiary/aromatic N) is 2. The molecule has 0 saturated heterocycles. The summed E-state index contributed by atoms with van der Waals surface area (Å²) < 4.78 is 0. The first kappa shape index (κ1) is 15.2. The van der Waals surface area contributed by atoms with Gasteiger partial charge in [-0.05, 0) is 12.8 Å². The van der Waals surface area contributed by atoms with E-state index in [2.05, 4.69) is 33.0 Å². The number of carbonyl (C=O) groups excluding carboxylic acids is 1. The molecule has 0 spiro atoms. The van der Waals surface area contributed by atoms with Gasteiger partial charge in [-0.15, -0.1) is 0 Å². The van der Waals surface area contributed by atoms with E-state index in [1.807, 2.05) is 6.92 Å². The zero-order chi connectivity index (χ0) is 14.1. The third kappa shape index (κ3) is 5.52. The van der Waals surface area contributed by atoms with Crippen LogP contribution >= 0.6 is 0 Å². The maximum Gasteiger partial charge on any atom is 0.239 e. The number of nitrogens with one attached hydrogen (secondary N) is 3. The van der Waals surface area contributed by atoms with Crippen molar-refractivity contribution in [2.75, 3.05) is 23.8 Å². The molecule has 0 saturated carbocycles. The average Bonchev–Trinajstić information content (AvgIpc) is 2.43. The SMILES string of the molecule is CCCNC(=O)CNc1cc(NN)nc(CCC)n1. The van der Waals surface area contributed by atoms with Gasteiger partial charge in [-0.25, -0.2) is 15.8 Å². The molecule has 0 fully saturated rings. The summed E-state index contributed by atoms with van der Waals surface area (Å²) in [7, 11) is 0. The number of aromatic nitrogens is 2. The molecule has 19 heavy (non-hydrogen) atoms. The van der Waals surface area contributed by atoms with Gasteiger partial charge in [0, 0.05) is 19.0 Å². The highest BCUT2D eigenvalue weighted by Crippen LogP contribution is 2.11. The molecule has 0 aliphatic heterocycles. The Morgan fingerprint density at radius 2 is 2.00 bits per heavy atom. The van der Waals surface area contributed by atoms with Gasteiger partial charge in [0.1, 0.15) is 17.5 Å². The third-order valence-electron chi connectivity index (χ3n) is 2.40. The Balaban J connectivity index is 2.61. The zero-order valence-electron chi connectivity index (χ0n) is 11.5. The van der Waals surface area contributed by atoms with Gasteiger partial charge in [-0.3, -0.25) is 4.79 Å². The quantitative estimate of drug-likeness (QED) is 0.407. The maximum atomic E-state index is 11.5. The standard InChI is InChI=1S/C12H22N6O/c1-3-5-9-16-10(7-11(17-9)18-13)15-8-12(19)14-6-4-2/h7H,3-6,8,13H2,1-2H3,(H,14,19)(H2,15,16,17,18). The molecule has 0 aliphatic carbocycles. The summed E-state index contributed by atoms with van der Waals surface area (Å²) in [5, 5.41) is 5.75. The summed E-state index contributed by atoms with van der Waals surface area (Å²) in [4.78, 5) is 20.0. The third-order valence-corrected chi connectivity index (χ3v) is 2.40. The number of carbonyl (C=O) groups is 1. The molecular weight excluding hydrogens is 244 g/mol. The van der Waals surface area contributed by atoms with Crippen LogP contribution in [0, 0.1) is 0 Å². The monoisotopic (exact) mass is 266 g/mol. The van der Waals surface area contributed by atoms with Gasteiger partial charge in [0.05, 0.1) is 6.54 Å². The van der Waals surface area contributed by atoms with E-state index >= 15 is 0 Å². The van der Waals surface area contributed by atoms with Crippen LogP contribution in [-0.2, 0) is 11.2 Å². The summed E-state index contributed by atoms with van der Waals surface area (Å²) in [5.74, 6) is 7.14. The van der Waals surface area contributed by atoms with Gasteiger partial charge in [-0.2, -0.15) is 0 Å². The number of anilines is 2. The van der Waals surface area contributed by atoms with Gasteiger partial charge in [-0.1, -0.05) is 13.8 Å². The molecule has 106 valence electrons. The molecule has 0 bridgehead atoms. The van der Waals surface area contributed by atoms with Crippen molar-refractivity contribution in [2.24, 2.45) is 5.84 Å². The van der Waals surface area contributed by atoms with Gasteiger partial charge < -0.3 is 16.1 Å². The van der Waals surface area contributed by atoms with Crippen molar-refractivity contribution in [3.05, 3.63) is 11.9 Å². The molecule has 0 radical (unpaired) electrons. The molecule has 5 N–H and O–H groups in total. The number of hydrogen-bond acceptors (Lipinski definition) is 6. The lowest BCUT2D eigenvalue weighted by atomic mass is 10.3. The van der Waals surface area contributed by atoms with E-state index in [-0.39, 0.29) is 12.5 Å². The second-order valence-corrected chi connectivity index (χ2v) is 4.15. The van der Waals surface area contributed by atoms with Crippen molar-refractivity contribution in [1.82, 2.24) is 15.3 Å². The summed E-state index contributed by atoms with van der Waals surface area (Å²) in [6, 6.07) is 1.67. The van der Waals surface area contributed by atoms with Crippen LogP contribution in [0.1, 0.15) is 32.5 Å². The van der Waals surface area contributed by atoms with Crippen LogP contribution in [0.4, 0.5) is 11.6 Å². The van der Waals surface area contributed by atoms with E-state index in [1.165, 1.54) is 0 Å². The molecule has 0 aromatic carbocycles. The molecule has 7 nitrogen and oxygen atoms in total. The van der Waals surface area contributed by atoms with Crippen molar-refractivity contribution in [2.45, 2.75) is 33.1 Å². The second-order valence-electron chi connectivity index (χ2n) is 4.15. The smallest absolute Gasteiger partial charge is 0.239 e. The highest BCUT2D eigenvalue weighted by Gasteiger charge is 2.05. The van der Waals surface area contributed by atoms with E-state index in [9.17, 15) is 4.79 Å². The fourth-order valence-electron chi connectivity index (χ4n) is 1.49. The van der Waals surface area contributed by atoms with Gasteiger partial charge in [0.2, 0.25) is 5.91 Å². The molecule has 1 aromatic rings. The van der Waals surface area contributed by atoms with Crippen LogP contribution in [-0.4, -0.2) is 29.0 Å². The predicted molar refractivity (Wildman–Crippen MR) is 75.6 cm³/mol. The van der Waals surface area contributed by atoms with Crippen LogP contribution in [0.3, 0.4) is 0 Å². The Hall–Kier alpha value is -1.89. The van der Waals surface area contributed by atoms with Crippen molar-refractivity contribution < 1.29 is 4.79 Å². The predicted octanol–water partition coefficient (Wildman–Crippen LogP) is 0.653. The number of rotatable bonds is 8. The van der Waals surface area contributed by atoms with Crippen molar-refractivity contribution in [3.63, 3.8) is 0 Å². The molecule has 7 heteroatoms. The van der Waals surface area contributed by atoms with E-state index in [0.717, 1.165) is 19.3 Å². The minimum Gasteiger partial charge on any atom is -0.361 e. The normalized spacial score (nSPS) is 10.1. The molecule has 1 aromatic heterocycles. The maximum absolute atomic E-state index is 11.5. The van der Waals surface area contributed by atoms with Crippen molar-refractivity contribution in [3.8, 4) is 0 Å². The van der Waals surface area contributed by atoms with Crippen molar-refractivity contribution in [1.29, 1.82) is 0 Å². The lowest BCUT2D eigenvalue weighted by Crippen LogP contribution is -2.30. The Morgan fingerprint density at radius 3 is 2.63 bits per heavy atom. The first-order chi connectivity index (χ1) is 9.19. The summed E-state index contributed by atoms with van der Waals surface area (Å²) >= 11 is 0. The lowest BCUT2D eigenvalue weighted by molar-refractivity contribution is -0.119. The fraction of sp³-hybridized carbons (Fsp3) is 0.583. The molecule has 1 heterocycles. The molecule has 0 unspecified atom stereocenters. The Bertz CT molecular complexity index is 409. The van der Waals surface area contributed by atoms with Crippen LogP contribution < -0.4 is 21.9 Å². The minimum atomic E-state index is -0.0558. The van der Waals surface area contributed by atoms with Crippen LogP contribution in [0.15, 0.2) is 6.07 Å². The van der Waals surface area contributed by atoms with Crippen LogP contribution in [0.5, 0.6) is 0 Å². The first-order valence-electron chi connectivity index (χ1n) is 6.54. The molecule has 0 atom stereocenters. The minimum absolute atomic E-state index is 0.0558. The number of amides is 1. The van der Waals surface area contributed by atoms with E-state index in [4.69, 9.17) is 5.84 Å². The summed E-state index contributed by atoms with van der Waals surface area (Å²) in [5.41, 5.74) is 2.50. The molecule has 1 amide bonds. The molecule has 1 rings (SSSR count). The largest absolute Gasteiger partial charge is 0.361 e. The van der Waals surface area contributed by atoms with E-state index in [1.54, 1.807) is 6.07 Å². The number of hydrazine groups is 1. The molecule has 0 aliphatic rings. The number of aryl methyl sites for hydroxylation is 1. The lowest BCUT2D eigenvalue weighted by Gasteiger charge is -2.09.